The summed E-state index contributed by atoms with van der Waals surface area (Å²) in [5, 5.41) is 3.18. The average molecular weight is 309 g/mol. The van der Waals surface area contributed by atoms with Crippen LogP contribution in [-0.4, -0.2) is 32.3 Å². The number of aromatic nitrogens is 2. The molecule has 2 heterocycles. The predicted octanol–water partition coefficient (Wildman–Crippen LogP) is 2.19. The van der Waals surface area contributed by atoms with E-state index in [1.807, 2.05) is 0 Å². The van der Waals surface area contributed by atoms with E-state index in [1.54, 1.807) is 13.0 Å². The van der Waals surface area contributed by atoms with Crippen molar-refractivity contribution in [1.29, 1.82) is 0 Å². The average Bonchev–Trinajstić information content (AvgIpc) is 2.63. The van der Waals surface area contributed by atoms with Gasteiger partial charge in [0.25, 0.3) is 5.91 Å². The number of hydrogen-bond donors (Lipinski definition) is 1. The largest absolute Gasteiger partial charge is 0.325 e. The maximum absolute atomic E-state index is 12.6. The maximum Gasteiger partial charge on any atom is 0.325 e. The number of aryl methyl sites for hydroxylation is 1. The zero-order valence-corrected chi connectivity index (χ0v) is 12.6. The summed E-state index contributed by atoms with van der Waals surface area (Å²) in [5.74, 6) is 0.227. The van der Waals surface area contributed by atoms with Gasteiger partial charge in [-0.1, -0.05) is 30.9 Å². The number of halogens is 1. The lowest BCUT2D eigenvalue weighted by Gasteiger charge is -2.30. The van der Waals surface area contributed by atoms with Crippen molar-refractivity contribution in [3.8, 4) is 0 Å². The molecule has 0 radical (unpaired) electrons. The van der Waals surface area contributed by atoms with Crippen molar-refractivity contribution in [2.45, 2.75) is 51.1 Å². The monoisotopic (exact) mass is 308 g/mol. The van der Waals surface area contributed by atoms with Gasteiger partial charge >= 0.3 is 6.03 Å². The smallest absolute Gasteiger partial charge is 0.323 e. The van der Waals surface area contributed by atoms with Crippen molar-refractivity contribution in [3.63, 3.8) is 0 Å². The Morgan fingerprint density at radius 2 is 2.00 bits per heavy atom. The van der Waals surface area contributed by atoms with E-state index < -0.39 is 5.54 Å². The molecule has 0 aromatic carbocycles. The van der Waals surface area contributed by atoms with Crippen LogP contribution in [0, 0.1) is 6.92 Å². The predicted molar refractivity (Wildman–Crippen MR) is 76.7 cm³/mol. The highest BCUT2D eigenvalue weighted by molar-refractivity contribution is 6.29. The van der Waals surface area contributed by atoms with E-state index in [0.717, 1.165) is 19.3 Å². The number of imide groups is 1. The first kappa shape index (κ1) is 14.3. The van der Waals surface area contributed by atoms with Crippen LogP contribution in [0.25, 0.3) is 0 Å². The normalized spacial score (nSPS) is 21.0. The number of amides is 3. The lowest BCUT2D eigenvalue weighted by Crippen LogP contribution is -2.48. The molecule has 7 heteroatoms. The van der Waals surface area contributed by atoms with Gasteiger partial charge < -0.3 is 5.32 Å². The Hall–Kier alpha value is -1.69. The molecule has 0 atom stereocenters. The summed E-state index contributed by atoms with van der Waals surface area (Å²) in [5.41, 5.74) is 0.00703. The summed E-state index contributed by atoms with van der Waals surface area (Å²) in [6.45, 7) is 1.86. The zero-order chi connectivity index (χ0) is 15.0. The Labute approximate surface area is 127 Å². The molecule has 2 fully saturated rings. The van der Waals surface area contributed by atoms with Crippen molar-refractivity contribution in [2.75, 3.05) is 0 Å². The van der Waals surface area contributed by atoms with E-state index >= 15 is 0 Å². The number of nitrogens with zero attached hydrogens (tertiary/aromatic N) is 3. The van der Waals surface area contributed by atoms with Gasteiger partial charge in [0, 0.05) is 5.69 Å². The van der Waals surface area contributed by atoms with Crippen LogP contribution in [-0.2, 0) is 11.3 Å². The molecule has 3 amide bonds. The summed E-state index contributed by atoms with van der Waals surface area (Å²) < 4.78 is 0. The minimum Gasteiger partial charge on any atom is -0.323 e. The molecule has 0 bridgehead atoms. The highest BCUT2D eigenvalue weighted by atomic mass is 35.5. The molecule has 6 nitrogen and oxygen atoms in total. The Bertz CT molecular complexity index is 578. The fraction of sp³-hybridized carbons (Fsp3) is 0.571. The van der Waals surface area contributed by atoms with Gasteiger partial charge in [-0.25, -0.2) is 14.8 Å². The number of nitrogens with one attached hydrogen (secondary N) is 1. The summed E-state index contributed by atoms with van der Waals surface area (Å²) in [7, 11) is 0. The molecule has 1 aliphatic carbocycles. The number of carbonyl (C=O) groups excluding carboxylic acids is 2. The fourth-order valence-corrected chi connectivity index (χ4v) is 3.37. The van der Waals surface area contributed by atoms with Gasteiger partial charge in [0.1, 0.15) is 16.5 Å². The van der Waals surface area contributed by atoms with Gasteiger partial charge in [0.05, 0.1) is 6.54 Å². The number of carbonyl (C=O) groups is 2. The van der Waals surface area contributed by atoms with Crippen LogP contribution in [0.4, 0.5) is 4.79 Å². The third-order valence-electron chi connectivity index (χ3n) is 4.12. The highest BCUT2D eigenvalue weighted by Crippen LogP contribution is 2.34. The Kier molecular flexibility index (Phi) is 3.57. The molecule has 112 valence electrons. The van der Waals surface area contributed by atoms with E-state index in [1.165, 1.54) is 4.90 Å². The standard InChI is InChI=1S/C14H17ClN4O2/c1-9-7-10(15)17-11(16-9)8-19-12(20)14(18-13(19)21)5-3-2-4-6-14/h7H,2-6,8H2,1H3,(H,18,21). The van der Waals surface area contributed by atoms with Crippen LogP contribution in [0.5, 0.6) is 0 Å². The molecule has 1 saturated heterocycles. The fourth-order valence-electron chi connectivity index (χ4n) is 3.11. The molecular weight excluding hydrogens is 292 g/mol. The van der Waals surface area contributed by atoms with E-state index in [4.69, 9.17) is 11.6 Å². The molecule has 0 unspecified atom stereocenters. The topological polar surface area (TPSA) is 75.2 Å². The number of urea groups is 1. The van der Waals surface area contributed by atoms with Crippen LogP contribution in [0.1, 0.15) is 43.6 Å². The first-order valence-electron chi connectivity index (χ1n) is 7.14. The van der Waals surface area contributed by atoms with Gasteiger partial charge in [0.15, 0.2) is 0 Å². The summed E-state index contributed by atoms with van der Waals surface area (Å²) >= 11 is 5.90. The lowest BCUT2D eigenvalue weighted by atomic mass is 9.82. The molecule has 1 saturated carbocycles. The molecule has 3 rings (SSSR count). The SMILES string of the molecule is Cc1cc(Cl)nc(CN2C(=O)NC3(CCCCC3)C2=O)n1. The second-order valence-corrected chi connectivity index (χ2v) is 6.10. The van der Waals surface area contributed by atoms with Crippen molar-refractivity contribution in [2.24, 2.45) is 0 Å². The zero-order valence-electron chi connectivity index (χ0n) is 11.9. The molecule has 1 aromatic heterocycles. The minimum absolute atomic E-state index is 0.0633. The quantitative estimate of drug-likeness (QED) is 0.671. The van der Waals surface area contributed by atoms with E-state index in [9.17, 15) is 9.59 Å². The van der Waals surface area contributed by atoms with E-state index in [2.05, 4.69) is 15.3 Å². The van der Waals surface area contributed by atoms with Gasteiger partial charge in [0.2, 0.25) is 0 Å². The molecule has 1 aromatic rings. The molecule has 1 spiro atoms. The Balaban J connectivity index is 1.82. The van der Waals surface area contributed by atoms with Crippen LogP contribution >= 0.6 is 11.6 Å². The van der Waals surface area contributed by atoms with Crippen LogP contribution in [0.3, 0.4) is 0 Å². The summed E-state index contributed by atoms with van der Waals surface area (Å²) in [6.07, 6.45) is 4.47. The maximum atomic E-state index is 12.6. The second kappa shape index (κ2) is 5.26. The van der Waals surface area contributed by atoms with Gasteiger partial charge in [-0.15, -0.1) is 0 Å². The van der Waals surface area contributed by atoms with Crippen LogP contribution < -0.4 is 5.32 Å². The van der Waals surface area contributed by atoms with Crippen molar-refractivity contribution < 1.29 is 9.59 Å². The second-order valence-electron chi connectivity index (χ2n) is 5.71. The number of rotatable bonds is 2. The number of hydrogen-bond acceptors (Lipinski definition) is 4. The van der Waals surface area contributed by atoms with Crippen molar-refractivity contribution in [1.82, 2.24) is 20.2 Å². The molecule has 21 heavy (non-hydrogen) atoms. The molecular formula is C14H17ClN4O2. The first-order valence-corrected chi connectivity index (χ1v) is 7.52. The van der Waals surface area contributed by atoms with Crippen molar-refractivity contribution >= 4 is 23.5 Å². The van der Waals surface area contributed by atoms with Crippen LogP contribution in [0.15, 0.2) is 6.07 Å². The Morgan fingerprint density at radius 3 is 2.67 bits per heavy atom. The third-order valence-corrected chi connectivity index (χ3v) is 4.32. The molecule has 1 N–H and O–H groups in total. The Morgan fingerprint density at radius 1 is 1.29 bits per heavy atom. The van der Waals surface area contributed by atoms with Gasteiger partial charge in [-0.05, 0) is 25.8 Å². The lowest BCUT2D eigenvalue weighted by molar-refractivity contribution is -0.132. The highest BCUT2D eigenvalue weighted by Gasteiger charge is 2.51. The van der Waals surface area contributed by atoms with E-state index in [-0.39, 0.29) is 18.5 Å². The summed E-state index contributed by atoms with van der Waals surface area (Å²) in [4.78, 5) is 34.3. The van der Waals surface area contributed by atoms with Gasteiger partial charge in [-0.3, -0.25) is 9.69 Å². The summed E-state index contributed by atoms with van der Waals surface area (Å²) in [6, 6.07) is 1.28. The minimum atomic E-state index is -0.705. The first-order chi connectivity index (χ1) is 10.00. The van der Waals surface area contributed by atoms with Crippen LogP contribution in [0.2, 0.25) is 5.15 Å². The van der Waals surface area contributed by atoms with E-state index in [0.29, 0.717) is 29.5 Å². The molecule has 2 aliphatic rings. The van der Waals surface area contributed by atoms with Crippen molar-refractivity contribution in [3.05, 3.63) is 22.7 Å². The van der Waals surface area contributed by atoms with Gasteiger partial charge in [-0.2, -0.15) is 0 Å². The third kappa shape index (κ3) is 2.60. The molecule has 1 aliphatic heterocycles.